The van der Waals surface area contributed by atoms with Crippen molar-refractivity contribution in [1.82, 2.24) is 9.97 Å². The topological polar surface area (TPSA) is 83.8 Å². The van der Waals surface area contributed by atoms with Crippen LogP contribution in [0.1, 0.15) is 32.6 Å². The lowest BCUT2D eigenvalue weighted by molar-refractivity contribution is -0.384. The van der Waals surface area contributed by atoms with Gasteiger partial charge in [-0.1, -0.05) is 6.92 Å². The molecule has 2 aromatic rings. The highest BCUT2D eigenvalue weighted by Gasteiger charge is 2.35. The van der Waals surface area contributed by atoms with Crippen LogP contribution >= 0.6 is 0 Å². The van der Waals surface area contributed by atoms with E-state index in [0.717, 1.165) is 24.8 Å². The molecule has 19 heavy (non-hydrogen) atoms. The summed E-state index contributed by atoms with van der Waals surface area (Å²) in [5.41, 5.74) is 1.68. The van der Waals surface area contributed by atoms with Crippen LogP contribution in [0.2, 0.25) is 0 Å². The molecule has 1 saturated carbocycles. The average Bonchev–Trinajstić information content (AvgIpc) is 2.74. The number of nitrogens with one attached hydrogen (secondary N) is 2. The van der Waals surface area contributed by atoms with Crippen molar-refractivity contribution in [3.05, 3.63) is 28.3 Å². The van der Waals surface area contributed by atoms with Gasteiger partial charge in [-0.05, 0) is 31.7 Å². The van der Waals surface area contributed by atoms with Gasteiger partial charge in [-0.25, -0.2) is 4.98 Å². The Hall–Kier alpha value is -2.11. The number of nitrogens with zero attached hydrogens (tertiary/aromatic N) is 2. The Morgan fingerprint density at radius 3 is 2.89 bits per heavy atom. The molecular weight excluding hydrogens is 244 g/mol. The van der Waals surface area contributed by atoms with Gasteiger partial charge in [-0.2, -0.15) is 0 Å². The summed E-state index contributed by atoms with van der Waals surface area (Å²) in [5.74, 6) is 0.706. The first-order chi connectivity index (χ1) is 9.12. The second-order valence-electron chi connectivity index (χ2n) is 5.16. The van der Waals surface area contributed by atoms with Gasteiger partial charge in [0, 0.05) is 17.7 Å². The quantitative estimate of drug-likeness (QED) is 0.653. The summed E-state index contributed by atoms with van der Waals surface area (Å²) in [6.45, 7) is 2.17. The highest BCUT2D eigenvalue weighted by atomic mass is 16.6. The minimum absolute atomic E-state index is 0.0801. The summed E-state index contributed by atoms with van der Waals surface area (Å²) in [6.07, 6.45) is 4.61. The van der Waals surface area contributed by atoms with E-state index in [-0.39, 0.29) is 11.2 Å². The van der Waals surface area contributed by atoms with Gasteiger partial charge in [0.25, 0.3) is 5.69 Å². The number of H-pyrrole nitrogens is 1. The minimum Gasteiger partial charge on any atom is -0.350 e. The zero-order valence-electron chi connectivity index (χ0n) is 10.8. The van der Waals surface area contributed by atoms with Gasteiger partial charge in [0.2, 0.25) is 5.95 Å². The third-order valence-corrected chi connectivity index (χ3v) is 4.05. The van der Waals surface area contributed by atoms with Crippen molar-refractivity contribution in [2.24, 2.45) is 0 Å². The van der Waals surface area contributed by atoms with Gasteiger partial charge in [-0.3, -0.25) is 10.1 Å². The van der Waals surface area contributed by atoms with Gasteiger partial charge in [-0.15, -0.1) is 0 Å². The molecule has 1 fully saturated rings. The summed E-state index contributed by atoms with van der Waals surface area (Å²) < 4.78 is 0. The lowest BCUT2D eigenvalue weighted by Gasteiger charge is -2.41. The van der Waals surface area contributed by atoms with Crippen LogP contribution in [-0.2, 0) is 0 Å². The number of hydrogen-bond donors (Lipinski definition) is 2. The molecule has 0 saturated heterocycles. The number of hydrogen-bond acceptors (Lipinski definition) is 4. The van der Waals surface area contributed by atoms with Crippen LogP contribution in [0.25, 0.3) is 11.0 Å². The molecule has 1 aromatic heterocycles. The summed E-state index contributed by atoms with van der Waals surface area (Å²) in [6, 6.07) is 4.67. The maximum Gasteiger partial charge on any atom is 0.271 e. The molecule has 0 aliphatic heterocycles. The fourth-order valence-corrected chi connectivity index (χ4v) is 2.59. The molecule has 0 spiro atoms. The van der Waals surface area contributed by atoms with Gasteiger partial charge < -0.3 is 10.3 Å². The zero-order chi connectivity index (χ0) is 13.5. The van der Waals surface area contributed by atoms with E-state index in [1.807, 2.05) is 0 Å². The highest BCUT2D eigenvalue weighted by Crippen LogP contribution is 2.37. The molecule has 6 heteroatoms. The van der Waals surface area contributed by atoms with E-state index in [0.29, 0.717) is 11.5 Å². The van der Waals surface area contributed by atoms with Crippen molar-refractivity contribution in [3.63, 3.8) is 0 Å². The standard InChI is InChI=1S/C13H16N4O2/c1-2-13(6-3-7-13)16-12-14-10-5-4-9(17(18)19)8-11(10)15-12/h4-5,8H,2-3,6-7H2,1H3,(H2,14,15,16). The van der Waals surface area contributed by atoms with E-state index in [9.17, 15) is 10.1 Å². The molecule has 0 amide bonds. The van der Waals surface area contributed by atoms with E-state index in [4.69, 9.17) is 0 Å². The number of fused-ring (bicyclic) bond motifs is 1. The van der Waals surface area contributed by atoms with E-state index in [1.165, 1.54) is 18.6 Å². The molecule has 1 aromatic carbocycles. The number of anilines is 1. The van der Waals surface area contributed by atoms with E-state index < -0.39 is 4.92 Å². The Morgan fingerprint density at radius 2 is 2.32 bits per heavy atom. The molecule has 0 bridgehead atoms. The number of aromatic nitrogens is 2. The number of imidazole rings is 1. The predicted octanol–water partition coefficient (Wildman–Crippen LogP) is 3.22. The van der Waals surface area contributed by atoms with Crippen molar-refractivity contribution in [3.8, 4) is 0 Å². The van der Waals surface area contributed by atoms with Crippen LogP contribution < -0.4 is 5.32 Å². The third kappa shape index (κ3) is 2.03. The first-order valence-electron chi connectivity index (χ1n) is 6.54. The molecule has 100 valence electrons. The van der Waals surface area contributed by atoms with Crippen molar-refractivity contribution < 1.29 is 4.92 Å². The zero-order valence-corrected chi connectivity index (χ0v) is 10.8. The van der Waals surface area contributed by atoms with Gasteiger partial charge >= 0.3 is 0 Å². The molecule has 1 aliphatic rings. The fraction of sp³-hybridized carbons (Fsp3) is 0.462. The third-order valence-electron chi connectivity index (χ3n) is 4.05. The lowest BCUT2D eigenvalue weighted by atomic mass is 9.75. The highest BCUT2D eigenvalue weighted by molar-refractivity contribution is 5.80. The lowest BCUT2D eigenvalue weighted by Crippen LogP contribution is -2.44. The summed E-state index contributed by atoms with van der Waals surface area (Å²) in [7, 11) is 0. The molecule has 1 aliphatic carbocycles. The van der Waals surface area contributed by atoms with E-state index >= 15 is 0 Å². The second-order valence-corrected chi connectivity index (χ2v) is 5.16. The molecule has 1 heterocycles. The Balaban J connectivity index is 1.91. The summed E-state index contributed by atoms with van der Waals surface area (Å²) in [4.78, 5) is 17.9. The Kier molecular flexibility index (Phi) is 2.66. The normalized spacial score (nSPS) is 17.1. The molecule has 3 rings (SSSR count). The van der Waals surface area contributed by atoms with Crippen LogP contribution in [0.15, 0.2) is 18.2 Å². The minimum atomic E-state index is -0.396. The number of nitro benzene ring substituents is 1. The first kappa shape index (κ1) is 12.0. The van der Waals surface area contributed by atoms with Crippen LogP contribution in [0.3, 0.4) is 0 Å². The van der Waals surface area contributed by atoms with Gasteiger partial charge in [0.05, 0.1) is 16.0 Å². The summed E-state index contributed by atoms with van der Waals surface area (Å²) in [5, 5.41) is 14.2. The van der Waals surface area contributed by atoms with Crippen LogP contribution in [-0.4, -0.2) is 20.4 Å². The van der Waals surface area contributed by atoms with Crippen molar-refractivity contribution >= 4 is 22.7 Å². The summed E-state index contributed by atoms with van der Waals surface area (Å²) >= 11 is 0. The average molecular weight is 260 g/mol. The Morgan fingerprint density at radius 1 is 1.53 bits per heavy atom. The van der Waals surface area contributed by atoms with Gasteiger partial charge in [0.15, 0.2) is 0 Å². The van der Waals surface area contributed by atoms with E-state index in [1.54, 1.807) is 6.07 Å². The predicted molar refractivity (Wildman–Crippen MR) is 73.2 cm³/mol. The maximum absolute atomic E-state index is 10.7. The smallest absolute Gasteiger partial charge is 0.271 e. The SMILES string of the molecule is CCC1(Nc2nc3ccc([N+](=O)[O-])cc3[nH]2)CCC1. The van der Waals surface area contributed by atoms with Gasteiger partial charge in [0.1, 0.15) is 0 Å². The van der Waals surface area contributed by atoms with Crippen molar-refractivity contribution in [2.45, 2.75) is 38.1 Å². The Bertz CT molecular complexity index is 625. The van der Waals surface area contributed by atoms with E-state index in [2.05, 4.69) is 22.2 Å². The number of nitro groups is 1. The van der Waals surface area contributed by atoms with Crippen molar-refractivity contribution in [1.29, 1.82) is 0 Å². The molecule has 0 radical (unpaired) electrons. The van der Waals surface area contributed by atoms with Crippen LogP contribution in [0.5, 0.6) is 0 Å². The fourth-order valence-electron chi connectivity index (χ4n) is 2.59. The number of non-ortho nitro benzene ring substituents is 1. The first-order valence-corrected chi connectivity index (χ1v) is 6.54. The molecular formula is C13H16N4O2. The second kappa shape index (κ2) is 4.22. The van der Waals surface area contributed by atoms with Crippen LogP contribution in [0.4, 0.5) is 11.6 Å². The molecule has 0 atom stereocenters. The number of rotatable bonds is 4. The van der Waals surface area contributed by atoms with Crippen LogP contribution in [0, 0.1) is 10.1 Å². The Labute approximate surface area is 110 Å². The van der Waals surface area contributed by atoms with Crippen molar-refractivity contribution in [2.75, 3.05) is 5.32 Å². The molecule has 6 nitrogen and oxygen atoms in total. The maximum atomic E-state index is 10.7. The molecule has 2 N–H and O–H groups in total. The monoisotopic (exact) mass is 260 g/mol. The molecule has 0 unspecified atom stereocenters. The number of aromatic amines is 1. The largest absolute Gasteiger partial charge is 0.350 e. The number of benzene rings is 1.